The topological polar surface area (TPSA) is 75.3 Å². The zero-order chi connectivity index (χ0) is 17.6. The average molecular weight is 346 g/mol. The van der Waals surface area contributed by atoms with Gasteiger partial charge in [-0.15, -0.1) is 0 Å². The molecule has 0 spiro atoms. The number of carbonyl (C=O) groups is 1. The standard InChI is InChI=1S/C18H22N2O3S/c1-3-15(4-2)19-18(21)14-10-12-17(13-11-14)24(22,23)20-16-8-6-5-7-9-16/h5-13,15,20H,3-4H2,1-2H3,(H,19,21). The van der Waals surface area contributed by atoms with E-state index in [2.05, 4.69) is 10.0 Å². The molecule has 5 nitrogen and oxygen atoms in total. The van der Waals surface area contributed by atoms with Crippen LogP contribution in [0.3, 0.4) is 0 Å². The number of para-hydroxylation sites is 1. The van der Waals surface area contributed by atoms with Gasteiger partial charge in [0.1, 0.15) is 0 Å². The summed E-state index contributed by atoms with van der Waals surface area (Å²) in [7, 11) is -3.67. The van der Waals surface area contributed by atoms with Crippen molar-refractivity contribution in [1.29, 1.82) is 0 Å². The Labute approximate surface area is 143 Å². The van der Waals surface area contributed by atoms with E-state index in [4.69, 9.17) is 0 Å². The SMILES string of the molecule is CCC(CC)NC(=O)c1ccc(S(=O)(=O)Nc2ccccc2)cc1. The van der Waals surface area contributed by atoms with E-state index in [0.717, 1.165) is 12.8 Å². The lowest BCUT2D eigenvalue weighted by atomic mass is 10.1. The molecule has 24 heavy (non-hydrogen) atoms. The molecule has 0 fully saturated rings. The summed E-state index contributed by atoms with van der Waals surface area (Å²) in [4.78, 5) is 12.3. The molecule has 0 radical (unpaired) electrons. The van der Waals surface area contributed by atoms with Crippen LogP contribution < -0.4 is 10.0 Å². The summed E-state index contributed by atoms with van der Waals surface area (Å²) in [6, 6.07) is 14.7. The molecular weight excluding hydrogens is 324 g/mol. The molecule has 0 aromatic heterocycles. The van der Waals surface area contributed by atoms with Gasteiger partial charge in [0, 0.05) is 17.3 Å². The van der Waals surface area contributed by atoms with Crippen molar-refractivity contribution in [3.8, 4) is 0 Å². The van der Waals surface area contributed by atoms with Gasteiger partial charge < -0.3 is 5.32 Å². The number of rotatable bonds is 7. The molecule has 2 aromatic carbocycles. The molecule has 0 aliphatic rings. The Balaban J connectivity index is 2.12. The van der Waals surface area contributed by atoms with Crippen molar-refractivity contribution in [1.82, 2.24) is 5.32 Å². The molecule has 0 saturated heterocycles. The normalized spacial score (nSPS) is 11.3. The summed E-state index contributed by atoms with van der Waals surface area (Å²) in [6.07, 6.45) is 1.71. The van der Waals surface area contributed by atoms with Crippen molar-refractivity contribution in [2.45, 2.75) is 37.6 Å². The molecule has 128 valence electrons. The van der Waals surface area contributed by atoms with E-state index in [1.165, 1.54) is 24.3 Å². The van der Waals surface area contributed by atoms with Crippen molar-refractivity contribution in [3.63, 3.8) is 0 Å². The van der Waals surface area contributed by atoms with Gasteiger partial charge in [-0.1, -0.05) is 32.0 Å². The summed E-state index contributed by atoms with van der Waals surface area (Å²) < 4.78 is 27.2. The molecule has 2 aromatic rings. The van der Waals surface area contributed by atoms with E-state index in [1.54, 1.807) is 24.3 Å². The zero-order valence-corrected chi connectivity index (χ0v) is 14.6. The zero-order valence-electron chi connectivity index (χ0n) is 13.8. The van der Waals surface area contributed by atoms with Gasteiger partial charge in [-0.2, -0.15) is 0 Å². The highest BCUT2D eigenvalue weighted by molar-refractivity contribution is 7.92. The van der Waals surface area contributed by atoms with Crippen molar-refractivity contribution >= 4 is 21.6 Å². The number of benzene rings is 2. The van der Waals surface area contributed by atoms with Crippen molar-refractivity contribution in [2.24, 2.45) is 0 Å². The van der Waals surface area contributed by atoms with Gasteiger partial charge in [-0.05, 0) is 49.2 Å². The van der Waals surface area contributed by atoms with Gasteiger partial charge in [0.2, 0.25) is 0 Å². The second-order valence-electron chi connectivity index (χ2n) is 5.48. The Morgan fingerprint density at radius 3 is 2.08 bits per heavy atom. The van der Waals surface area contributed by atoms with Gasteiger partial charge in [-0.3, -0.25) is 9.52 Å². The Morgan fingerprint density at radius 1 is 0.958 bits per heavy atom. The van der Waals surface area contributed by atoms with Crippen molar-refractivity contribution in [3.05, 3.63) is 60.2 Å². The minimum absolute atomic E-state index is 0.116. The molecule has 6 heteroatoms. The molecule has 0 aliphatic heterocycles. The second-order valence-corrected chi connectivity index (χ2v) is 7.17. The molecule has 2 N–H and O–H groups in total. The largest absolute Gasteiger partial charge is 0.349 e. The molecule has 2 rings (SSSR count). The first-order chi connectivity index (χ1) is 11.5. The maximum atomic E-state index is 12.3. The highest BCUT2D eigenvalue weighted by Gasteiger charge is 2.16. The molecule has 0 bridgehead atoms. The fraction of sp³-hybridized carbons (Fsp3) is 0.278. The van der Waals surface area contributed by atoms with Crippen molar-refractivity contribution in [2.75, 3.05) is 4.72 Å². The van der Waals surface area contributed by atoms with Gasteiger partial charge in [0.25, 0.3) is 15.9 Å². The number of hydrogen-bond donors (Lipinski definition) is 2. The van der Waals surface area contributed by atoms with Crippen LogP contribution >= 0.6 is 0 Å². The summed E-state index contributed by atoms with van der Waals surface area (Å²) in [5, 5.41) is 2.93. The third-order valence-electron chi connectivity index (χ3n) is 3.77. The molecule has 0 heterocycles. The van der Waals surface area contributed by atoms with Crippen LogP contribution in [-0.4, -0.2) is 20.4 Å². The third kappa shape index (κ3) is 4.58. The second kappa shape index (κ2) is 7.97. The quantitative estimate of drug-likeness (QED) is 0.807. The maximum absolute atomic E-state index is 12.3. The van der Waals surface area contributed by atoms with Crippen LogP contribution in [0.2, 0.25) is 0 Å². The number of anilines is 1. The molecule has 0 atom stereocenters. The Morgan fingerprint density at radius 2 is 1.54 bits per heavy atom. The Bertz CT molecular complexity index is 768. The Hall–Kier alpha value is -2.34. The third-order valence-corrected chi connectivity index (χ3v) is 5.17. The molecule has 0 saturated carbocycles. The highest BCUT2D eigenvalue weighted by Crippen LogP contribution is 2.16. The summed E-state index contributed by atoms with van der Waals surface area (Å²) in [5.41, 5.74) is 0.939. The first kappa shape index (κ1) is 18.0. The Kier molecular flexibility index (Phi) is 5.98. The van der Waals surface area contributed by atoms with Gasteiger partial charge in [-0.25, -0.2) is 8.42 Å². The maximum Gasteiger partial charge on any atom is 0.261 e. The summed E-state index contributed by atoms with van der Waals surface area (Å²) >= 11 is 0. The number of sulfonamides is 1. The lowest BCUT2D eigenvalue weighted by Crippen LogP contribution is -2.33. The van der Waals surface area contributed by atoms with Crippen LogP contribution in [0.1, 0.15) is 37.0 Å². The average Bonchev–Trinajstić information content (AvgIpc) is 2.60. The van der Waals surface area contributed by atoms with Crippen LogP contribution in [0.25, 0.3) is 0 Å². The van der Waals surface area contributed by atoms with Gasteiger partial charge in [0.15, 0.2) is 0 Å². The monoisotopic (exact) mass is 346 g/mol. The minimum Gasteiger partial charge on any atom is -0.349 e. The molecule has 1 amide bonds. The minimum atomic E-state index is -3.67. The lowest BCUT2D eigenvalue weighted by Gasteiger charge is -2.15. The van der Waals surface area contributed by atoms with Gasteiger partial charge >= 0.3 is 0 Å². The number of hydrogen-bond acceptors (Lipinski definition) is 3. The molecular formula is C18H22N2O3S. The number of nitrogens with one attached hydrogen (secondary N) is 2. The van der Waals surface area contributed by atoms with Crippen LogP contribution in [0, 0.1) is 0 Å². The van der Waals surface area contributed by atoms with E-state index in [0.29, 0.717) is 11.3 Å². The number of carbonyl (C=O) groups excluding carboxylic acids is 1. The van der Waals surface area contributed by atoms with Crippen LogP contribution in [0.5, 0.6) is 0 Å². The smallest absolute Gasteiger partial charge is 0.261 e. The first-order valence-corrected chi connectivity index (χ1v) is 9.43. The van der Waals surface area contributed by atoms with Crippen LogP contribution in [0.15, 0.2) is 59.5 Å². The van der Waals surface area contributed by atoms with Crippen molar-refractivity contribution < 1.29 is 13.2 Å². The van der Waals surface area contributed by atoms with E-state index >= 15 is 0 Å². The molecule has 0 unspecified atom stereocenters. The summed E-state index contributed by atoms with van der Waals surface area (Å²) in [6.45, 7) is 4.03. The van der Waals surface area contributed by atoms with E-state index in [-0.39, 0.29) is 16.8 Å². The lowest BCUT2D eigenvalue weighted by molar-refractivity contribution is 0.0934. The van der Waals surface area contributed by atoms with Crippen LogP contribution in [0.4, 0.5) is 5.69 Å². The van der Waals surface area contributed by atoms with E-state index in [9.17, 15) is 13.2 Å². The highest BCUT2D eigenvalue weighted by atomic mass is 32.2. The van der Waals surface area contributed by atoms with E-state index in [1.807, 2.05) is 19.9 Å². The fourth-order valence-corrected chi connectivity index (χ4v) is 3.33. The predicted octanol–water partition coefficient (Wildman–Crippen LogP) is 3.41. The van der Waals surface area contributed by atoms with Crippen LogP contribution in [-0.2, 0) is 10.0 Å². The molecule has 0 aliphatic carbocycles. The van der Waals surface area contributed by atoms with Gasteiger partial charge in [0.05, 0.1) is 4.90 Å². The first-order valence-electron chi connectivity index (χ1n) is 7.95. The number of amides is 1. The van der Waals surface area contributed by atoms with E-state index < -0.39 is 10.0 Å². The summed E-state index contributed by atoms with van der Waals surface area (Å²) in [5.74, 6) is -0.191. The fourth-order valence-electron chi connectivity index (χ4n) is 2.27. The predicted molar refractivity (Wildman–Crippen MR) is 95.5 cm³/mol.